The first-order valence-electron chi connectivity index (χ1n) is 6.21. The molecular formula is C14H18ClNO2. The molecule has 2 unspecified atom stereocenters. The van der Waals surface area contributed by atoms with Crippen LogP contribution >= 0.6 is 11.6 Å². The fourth-order valence-electron chi connectivity index (χ4n) is 1.89. The summed E-state index contributed by atoms with van der Waals surface area (Å²) in [6.45, 7) is 3.23. The second-order valence-electron chi connectivity index (χ2n) is 4.88. The molecular weight excluding hydrogens is 250 g/mol. The van der Waals surface area contributed by atoms with Gasteiger partial charge in [0.05, 0.1) is 6.54 Å². The smallest absolute Gasteiger partial charge is 0.225 e. The summed E-state index contributed by atoms with van der Waals surface area (Å²) in [6, 6.07) is 7.23. The molecule has 4 heteroatoms. The molecule has 0 bridgehead atoms. The molecule has 0 aliphatic heterocycles. The third-order valence-corrected chi connectivity index (χ3v) is 3.56. The zero-order chi connectivity index (χ0) is 13.1. The number of amides is 1. The van der Waals surface area contributed by atoms with Crippen molar-refractivity contribution in [3.8, 4) is 5.75 Å². The van der Waals surface area contributed by atoms with E-state index in [1.807, 2.05) is 19.2 Å². The van der Waals surface area contributed by atoms with E-state index in [2.05, 4.69) is 6.92 Å². The highest BCUT2D eigenvalue weighted by Gasteiger charge is 2.40. The van der Waals surface area contributed by atoms with Crippen LogP contribution in [0.3, 0.4) is 0 Å². The Hall–Kier alpha value is -1.22. The monoisotopic (exact) mass is 267 g/mol. The summed E-state index contributed by atoms with van der Waals surface area (Å²) < 4.78 is 5.56. The van der Waals surface area contributed by atoms with E-state index in [0.717, 1.165) is 12.2 Å². The summed E-state index contributed by atoms with van der Waals surface area (Å²) in [5.74, 6) is 1.81. The van der Waals surface area contributed by atoms with Gasteiger partial charge in [0.1, 0.15) is 12.4 Å². The summed E-state index contributed by atoms with van der Waals surface area (Å²) in [5, 5.41) is 0.692. The van der Waals surface area contributed by atoms with Crippen molar-refractivity contribution < 1.29 is 9.53 Å². The van der Waals surface area contributed by atoms with E-state index in [-0.39, 0.29) is 11.8 Å². The van der Waals surface area contributed by atoms with Crippen LogP contribution in [0.15, 0.2) is 24.3 Å². The van der Waals surface area contributed by atoms with Crippen LogP contribution in [0.25, 0.3) is 0 Å². The molecule has 18 heavy (non-hydrogen) atoms. The number of ether oxygens (including phenoxy) is 1. The molecule has 1 amide bonds. The maximum atomic E-state index is 11.9. The number of benzene rings is 1. The van der Waals surface area contributed by atoms with Gasteiger partial charge in [-0.3, -0.25) is 4.79 Å². The van der Waals surface area contributed by atoms with E-state index < -0.39 is 0 Å². The lowest BCUT2D eigenvalue weighted by atomic mass is 10.3. The normalized spacial score (nSPS) is 21.5. The van der Waals surface area contributed by atoms with Gasteiger partial charge in [0.25, 0.3) is 0 Å². The molecule has 2 rings (SSSR count). The van der Waals surface area contributed by atoms with Gasteiger partial charge in [-0.25, -0.2) is 0 Å². The molecule has 1 saturated carbocycles. The predicted octanol–water partition coefficient (Wildman–Crippen LogP) is 2.83. The zero-order valence-electron chi connectivity index (χ0n) is 10.7. The number of halogens is 1. The quantitative estimate of drug-likeness (QED) is 0.821. The summed E-state index contributed by atoms with van der Waals surface area (Å²) >= 11 is 5.78. The van der Waals surface area contributed by atoms with E-state index in [4.69, 9.17) is 16.3 Å². The van der Waals surface area contributed by atoms with Gasteiger partial charge >= 0.3 is 0 Å². The van der Waals surface area contributed by atoms with Crippen molar-refractivity contribution in [1.29, 1.82) is 0 Å². The molecule has 1 aliphatic carbocycles. The minimum atomic E-state index is 0.238. The third kappa shape index (κ3) is 3.39. The Labute approximate surface area is 113 Å². The minimum Gasteiger partial charge on any atom is -0.492 e. The van der Waals surface area contributed by atoms with Crippen molar-refractivity contribution in [3.05, 3.63) is 29.3 Å². The Bertz CT molecular complexity index is 418. The fraction of sp³-hybridized carbons (Fsp3) is 0.500. The van der Waals surface area contributed by atoms with Crippen molar-refractivity contribution in [2.24, 2.45) is 11.8 Å². The second-order valence-corrected chi connectivity index (χ2v) is 5.32. The van der Waals surface area contributed by atoms with Crippen molar-refractivity contribution in [2.75, 3.05) is 20.2 Å². The largest absolute Gasteiger partial charge is 0.492 e. The molecule has 0 heterocycles. The molecule has 0 radical (unpaired) electrons. The summed E-state index contributed by atoms with van der Waals surface area (Å²) in [7, 11) is 1.83. The third-order valence-electron chi connectivity index (χ3n) is 3.31. The average molecular weight is 268 g/mol. The molecule has 98 valence electrons. The molecule has 0 saturated heterocycles. The lowest BCUT2D eigenvalue weighted by Gasteiger charge is -2.17. The highest BCUT2D eigenvalue weighted by molar-refractivity contribution is 6.30. The molecule has 3 nitrogen and oxygen atoms in total. The number of likely N-dealkylation sites (N-methyl/N-ethyl adjacent to an activating group) is 1. The summed E-state index contributed by atoms with van der Waals surface area (Å²) in [4.78, 5) is 13.6. The Morgan fingerprint density at radius 1 is 1.44 bits per heavy atom. The van der Waals surface area contributed by atoms with Gasteiger partial charge in [0.15, 0.2) is 0 Å². The standard InChI is InChI=1S/C14H18ClNO2/c1-10-9-13(10)14(17)16(2)7-8-18-12-5-3-11(15)4-6-12/h3-6,10,13H,7-9H2,1-2H3. The number of nitrogens with zero attached hydrogens (tertiary/aromatic N) is 1. The SMILES string of the molecule is CC1CC1C(=O)N(C)CCOc1ccc(Cl)cc1. The maximum absolute atomic E-state index is 11.9. The molecule has 1 aromatic carbocycles. The highest BCUT2D eigenvalue weighted by Crippen LogP contribution is 2.38. The molecule has 1 aromatic rings. The number of carbonyl (C=O) groups is 1. The lowest BCUT2D eigenvalue weighted by molar-refractivity contribution is -0.131. The molecule has 0 N–H and O–H groups in total. The minimum absolute atomic E-state index is 0.238. The van der Waals surface area contributed by atoms with Crippen LogP contribution in [0.1, 0.15) is 13.3 Å². The van der Waals surface area contributed by atoms with Gasteiger partial charge < -0.3 is 9.64 Å². The van der Waals surface area contributed by atoms with Crippen molar-refractivity contribution in [2.45, 2.75) is 13.3 Å². The van der Waals surface area contributed by atoms with Gasteiger partial charge in [0, 0.05) is 18.0 Å². The van der Waals surface area contributed by atoms with E-state index in [1.54, 1.807) is 17.0 Å². The van der Waals surface area contributed by atoms with E-state index in [9.17, 15) is 4.79 Å². The topological polar surface area (TPSA) is 29.5 Å². The second kappa shape index (κ2) is 5.61. The first-order chi connectivity index (χ1) is 8.58. The van der Waals surface area contributed by atoms with Crippen LogP contribution in [0, 0.1) is 11.8 Å². The van der Waals surface area contributed by atoms with E-state index >= 15 is 0 Å². The molecule has 1 fully saturated rings. The van der Waals surface area contributed by atoms with Gasteiger partial charge in [-0.15, -0.1) is 0 Å². The van der Waals surface area contributed by atoms with E-state index in [1.165, 1.54) is 0 Å². The van der Waals surface area contributed by atoms with Crippen molar-refractivity contribution in [1.82, 2.24) is 4.90 Å². The Morgan fingerprint density at radius 3 is 2.61 bits per heavy atom. The molecule has 2 atom stereocenters. The first-order valence-corrected chi connectivity index (χ1v) is 6.59. The first kappa shape index (κ1) is 13.2. The Morgan fingerprint density at radius 2 is 2.06 bits per heavy atom. The van der Waals surface area contributed by atoms with Crippen LogP contribution in [0.4, 0.5) is 0 Å². The Balaban J connectivity index is 1.71. The molecule has 0 aromatic heterocycles. The number of rotatable bonds is 5. The van der Waals surface area contributed by atoms with Crippen LogP contribution < -0.4 is 4.74 Å². The van der Waals surface area contributed by atoms with Crippen LogP contribution in [0.2, 0.25) is 5.02 Å². The van der Waals surface area contributed by atoms with Gasteiger partial charge in [0.2, 0.25) is 5.91 Å². The van der Waals surface area contributed by atoms with Crippen LogP contribution in [-0.2, 0) is 4.79 Å². The number of hydrogen-bond donors (Lipinski definition) is 0. The predicted molar refractivity (Wildman–Crippen MR) is 71.9 cm³/mol. The van der Waals surface area contributed by atoms with Crippen molar-refractivity contribution in [3.63, 3.8) is 0 Å². The van der Waals surface area contributed by atoms with Gasteiger partial charge in [-0.2, -0.15) is 0 Å². The number of hydrogen-bond acceptors (Lipinski definition) is 2. The van der Waals surface area contributed by atoms with Crippen LogP contribution in [-0.4, -0.2) is 31.0 Å². The molecule has 1 aliphatic rings. The van der Waals surface area contributed by atoms with Crippen molar-refractivity contribution >= 4 is 17.5 Å². The summed E-state index contributed by atoms with van der Waals surface area (Å²) in [6.07, 6.45) is 1.03. The highest BCUT2D eigenvalue weighted by atomic mass is 35.5. The lowest BCUT2D eigenvalue weighted by Crippen LogP contribution is -2.32. The average Bonchev–Trinajstić information content (AvgIpc) is 3.08. The molecule has 0 spiro atoms. The maximum Gasteiger partial charge on any atom is 0.225 e. The number of carbonyl (C=O) groups excluding carboxylic acids is 1. The summed E-state index contributed by atoms with van der Waals surface area (Å²) in [5.41, 5.74) is 0. The zero-order valence-corrected chi connectivity index (χ0v) is 11.5. The van der Waals surface area contributed by atoms with E-state index in [0.29, 0.717) is 24.1 Å². The van der Waals surface area contributed by atoms with Gasteiger partial charge in [-0.05, 0) is 36.6 Å². The van der Waals surface area contributed by atoms with Gasteiger partial charge in [-0.1, -0.05) is 18.5 Å². The van der Waals surface area contributed by atoms with Crippen LogP contribution in [0.5, 0.6) is 5.75 Å². The Kier molecular flexibility index (Phi) is 4.12. The fourth-order valence-corrected chi connectivity index (χ4v) is 2.02.